The first-order valence-corrected chi connectivity index (χ1v) is 5.56. The molecule has 0 bridgehead atoms. The van der Waals surface area contributed by atoms with Gasteiger partial charge >= 0.3 is 0 Å². The third-order valence-corrected chi connectivity index (χ3v) is 2.81. The van der Waals surface area contributed by atoms with Gasteiger partial charge in [-0.1, -0.05) is 0 Å². The number of nitrogens with zero attached hydrogens (tertiary/aromatic N) is 2. The van der Waals surface area contributed by atoms with Crippen LogP contribution in [-0.4, -0.2) is 24.7 Å². The summed E-state index contributed by atoms with van der Waals surface area (Å²) in [5, 5.41) is 12.1. The summed E-state index contributed by atoms with van der Waals surface area (Å²) in [6.45, 7) is 2.68. The maximum atomic E-state index is 8.72. The van der Waals surface area contributed by atoms with Crippen LogP contribution < -0.4 is 5.32 Å². The maximum Gasteiger partial charge on any atom is 0.142 e. The molecular formula is C12H15N3O. The third kappa shape index (κ3) is 2.94. The van der Waals surface area contributed by atoms with E-state index in [4.69, 9.17) is 10.00 Å². The molecule has 84 valence electrons. The van der Waals surface area contributed by atoms with Crippen molar-refractivity contribution in [3.05, 3.63) is 24.0 Å². The topological polar surface area (TPSA) is 57.9 Å². The molecule has 0 amide bonds. The minimum Gasteiger partial charge on any atom is -0.385 e. The largest absolute Gasteiger partial charge is 0.385 e. The number of hydrogen-bond donors (Lipinski definition) is 1. The molecule has 0 atom stereocenters. The molecule has 2 heterocycles. The first kappa shape index (κ1) is 10.9. The Morgan fingerprint density at radius 1 is 1.50 bits per heavy atom. The van der Waals surface area contributed by atoms with E-state index in [9.17, 15) is 0 Å². The number of anilines is 1. The molecule has 1 aromatic heterocycles. The van der Waals surface area contributed by atoms with Crippen LogP contribution in [0.15, 0.2) is 18.3 Å². The van der Waals surface area contributed by atoms with Crippen molar-refractivity contribution in [1.82, 2.24) is 4.98 Å². The van der Waals surface area contributed by atoms with E-state index in [0.717, 1.165) is 38.3 Å². The second kappa shape index (κ2) is 5.47. The van der Waals surface area contributed by atoms with Gasteiger partial charge in [0.15, 0.2) is 0 Å². The van der Waals surface area contributed by atoms with Crippen LogP contribution in [0.3, 0.4) is 0 Å². The molecular weight excluding hydrogens is 202 g/mol. The van der Waals surface area contributed by atoms with Gasteiger partial charge in [0.2, 0.25) is 0 Å². The summed E-state index contributed by atoms with van der Waals surface area (Å²) >= 11 is 0. The third-order valence-electron chi connectivity index (χ3n) is 2.81. The molecule has 4 nitrogen and oxygen atoms in total. The highest BCUT2D eigenvalue weighted by atomic mass is 16.5. The van der Waals surface area contributed by atoms with Crippen molar-refractivity contribution in [3.8, 4) is 6.07 Å². The highest BCUT2D eigenvalue weighted by molar-refractivity contribution is 5.45. The Kier molecular flexibility index (Phi) is 3.73. The minimum absolute atomic E-state index is 0.456. The molecule has 0 aromatic carbocycles. The van der Waals surface area contributed by atoms with Crippen LogP contribution in [0, 0.1) is 17.2 Å². The van der Waals surface area contributed by atoms with Crippen molar-refractivity contribution >= 4 is 5.69 Å². The maximum absolute atomic E-state index is 8.72. The van der Waals surface area contributed by atoms with Crippen molar-refractivity contribution < 1.29 is 4.74 Å². The predicted octanol–water partition coefficient (Wildman–Crippen LogP) is 1.79. The van der Waals surface area contributed by atoms with Gasteiger partial charge in [0.25, 0.3) is 0 Å². The first-order chi connectivity index (χ1) is 7.88. The van der Waals surface area contributed by atoms with Crippen LogP contribution in [0.2, 0.25) is 0 Å². The van der Waals surface area contributed by atoms with Gasteiger partial charge in [-0.05, 0) is 30.9 Å². The molecule has 1 aliphatic rings. The van der Waals surface area contributed by atoms with E-state index in [0.29, 0.717) is 11.6 Å². The molecule has 4 heteroatoms. The quantitative estimate of drug-likeness (QED) is 0.838. The second-order valence-electron chi connectivity index (χ2n) is 3.98. The highest BCUT2D eigenvalue weighted by Crippen LogP contribution is 2.16. The average Bonchev–Trinajstić information content (AvgIpc) is 2.38. The van der Waals surface area contributed by atoms with E-state index in [-0.39, 0.29) is 0 Å². The van der Waals surface area contributed by atoms with Crippen molar-refractivity contribution in [1.29, 1.82) is 5.26 Å². The lowest BCUT2D eigenvalue weighted by atomic mass is 10.0. The van der Waals surface area contributed by atoms with Crippen molar-refractivity contribution in [3.63, 3.8) is 0 Å². The Labute approximate surface area is 95.3 Å². The molecule has 0 radical (unpaired) electrons. The minimum atomic E-state index is 0.456. The average molecular weight is 217 g/mol. The van der Waals surface area contributed by atoms with Gasteiger partial charge in [-0.15, -0.1) is 0 Å². The monoisotopic (exact) mass is 217 g/mol. The lowest BCUT2D eigenvalue weighted by Gasteiger charge is -2.22. The Balaban J connectivity index is 1.86. The zero-order valence-electron chi connectivity index (χ0n) is 9.15. The second-order valence-corrected chi connectivity index (χ2v) is 3.98. The molecule has 0 unspecified atom stereocenters. The van der Waals surface area contributed by atoms with Crippen molar-refractivity contribution in [2.45, 2.75) is 12.8 Å². The number of aromatic nitrogens is 1. The molecule has 16 heavy (non-hydrogen) atoms. The fraction of sp³-hybridized carbons (Fsp3) is 0.500. The highest BCUT2D eigenvalue weighted by Gasteiger charge is 2.13. The summed E-state index contributed by atoms with van der Waals surface area (Å²) in [6.07, 6.45) is 3.89. The normalized spacial score (nSPS) is 16.7. The zero-order chi connectivity index (χ0) is 11.2. The van der Waals surface area contributed by atoms with E-state index in [1.807, 2.05) is 12.1 Å². The fourth-order valence-corrected chi connectivity index (χ4v) is 1.81. The number of nitrogens with one attached hydrogen (secondary N) is 1. The van der Waals surface area contributed by atoms with Crippen LogP contribution in [0.25, 0.3) is 0 Å². The molecule has 0 aliphatic carbocycles. The van der Waals surface area contributed by atoms with Gasteiger partial charge in [0, 0.05) is 31.6 Å². The van der Waals surface area contributed by atoms with E-state index in [2.05, 4.69) is 10.3 Å². The lowest BCUT2D eigenvalue weighted by molar-refractivity contribution is 0.0699. The first-order valence-electron chi connectivity index (χ1n) is 5.56. The molecule has 1 saturated heterocycles. The number of hydrogen-bond acceptors (Lipinski definition) is 4. The Bertz CT molecular complexity index is 380. The van der Waals surface area contributed by atoms with Crippen LogP contribution in [-0.2, 0) is 4.74 Å². The fourth-order valence-electron chi connectivity index (χ4n) is 1.81. The van der Waals surface area contributed by atoms with Gasteiger partial charge in [-0.3, -0.25) is 0 Å². The van der Waals surface area contributed by atoms with Crippen LogP contribution in [0.1, 0.15) is 18.5 Å². The molecule has 1 fully saturated rings. The van der Waals surface area contributed by atoms with E-state index >= 15 is 0 Å². The Morgan fingerprint density at radius 3 is 3.06 bits per heavy atom. The Hall–Kier alpha value is -1.60. The number of rotatable bonds is 3. The lowest BCUT2D eigenvalue weighted by Crippen LogP contribution is -2.22. The van der Waals surface area contributed by atoms with Crippen molar-refractivity contribution in [2.24, 2.45) is 5.92 Å². The van der Waals surface area contributed by atoms with Crippen LogP contribution in [0.5, 0.6) is 0 Å². The molecule has 0 saturated carbocycles. The van der Waals surface area contributed by atoms with Crippen LogP contribution in [0.4, 0.5) is 5.69 Å². The molecule has 0 spiro atoms. The van der Waals surface area contributed by atoms with E-state index in [1.165, 1.54) is 0 Å². The van der Waals surface area contributed by atoms with Crippen LogP contribution >= 0.6 is 0 Å². The number of ether oxygens (including phenoxy) is 1. The van der Waals surface area contributed by atoms with Crippen molar-refractivity contribution in [2.75, 3.05) is 25.1 Å². The van der Waals surface area contributed by atoms with Gasteiger partial charge < -0.3 is 10.1 Å². The zero-order valence-corrected chi connectivity index (χ0v) is 9.15. The smallest absolute Gasteiger partial charge is 0.142 e. The molecule has 1 aromatic rings. The molecule has 1 aliphatic heterocycles. The van der Waals surface area contributed by atoms with Gasteiger partial charge in [0.1, 0.15) is 11.8 Å². The summed E-state index contributed by atoms with van der Waals surface area (Å²) in [7, 11) is 0. The Morgan fingerprint density at radius 2 is 2.31 bits per heavy atom. The summed E-state index contributed by atoms with van der Waals surface area (Å²) in [4.78, 5) is 3.93. The van der Waals surface area contributed by atoms with Gasteiger partial charge in [-0.25, -0.2) is 4.98 Å². The summed E-state index contributed by atoms with van der Waals surface area (Å²) in [5.74, 6) is 0.674. The van der Waals surface area contributed by atoms with Gasteiger partial charge in [0.05, 0.1) is 0 Å². The SMILES string of the molecule is N#Cc1cc(NCC2CCOCC2)ccn1. The molecule has 2 rings (SSSR count). The standard InChI is InChI=1S/C12H15N3O/c13-8-12-7-11(1-4-14-12)15-9-10-2-5-16-6-3-10/h1,4,7,10H,2-3,5-6,9H2,(H,14,15). The van der Waals surface area contributed by atoms with E-state index < -0.39 is 0 Å². The number of pyridine rings is 1. The molecule has 1 N–H and O–H groups in total. The summed E-state index contributed by atoms with van der Waals surface area (Å²) in [6, 6.07) is 5.70. The summed E-state index contributed by atoms with van der Waals surface area (Å²) in [5.41, 5.74) is 1.43. The number of nitriles is 1. The van der Waals surface area contributed by atoms with E-state index in [1.54, 1.807) is 12.3 Å². The summed E-state index contributed by atoms with van der Waals surface area (Å²) < 4.78 is 5.31. The van der Waals surface area contributed by atoms with Gasteiger partial charge in [-0.2, -0.15) is 5.26 Å². The predicted molar refractivity (Wildman–Crippen MR) is 61.0 cm³/mol.